The van der Waals surface area contributed by atoms with Gasteiger partial charge >= 0.3 is 5.97 Å². The van der Waals surface area contributed by atoms with Crippen molar-refractivity contribution in [1.29, 1.82) is 0 Å². The molecule has 0 aliphatic heterocycles. The smallest absolute Gasteiger partial charge is 0.308 e. The molecule has 4 nitrogen and oxygen atoms in total. The Morgan fingerprint density at radius 1 is 1.12 bits per heavy atom. The molecule has 0 amide bonds. The van der Waals surface area contributed by atoms with Gasteiger partial charge in [0.2, 0.25) is 5.78 Å². The minimum Gasteiger partial charge on any atom is -0.461 e. The Kier molecular flexibility index (Phi) is 3.05. The standard InChI is InChI=1S/C13H10O4/c1-9(14)17-11-6-3-2-5-10(11)13(15)12-7-4-8-16-12/h2-8H,1H3. The zero-order valence-corrected chi connectivity index (χ0v) is 9.17. The van der Waals surface area contributed by atoms with E-state index in [4.69, 9.17) is 9.15 Å². The predicted molar refractivity (Wildman–Crippen MR) is 59.9 cm³/mol. The molecule has 0 aliphatic rings. The fourth-order valence-electron chi connectivity index (χ4n) is 1.44. The maximum absolute atomic E-state index is 12.0. The lowest BCUT2D eigenvalue weighted by molar-refractivity contribution is -0.131. The number of ether oxygens (including phenoxy) is 1. The number of benzene rings is 1. The molecule has 0 aliphatic carbocycles. The van der Waals surface area contributed by atoms with Crippen LogP contribution in [0, 0.1) is 0 Å². The summed E-state index contributed by atoms with van der Waals surface area (Å²) in [5.74, 6) is -0.331. The van der Waals surface area contributed by atoms with Gasteiger partial charge in [-0.15, -0.1) is 0 Å². The fourth-order valence-corrected chi connectivity index (χ4v) is 1.44. The zero-order valence-electron chi connectivity index (χ0n) is 9.17. The van der Waals surface area contributed by atoms with Crippen molar-refractivity contribution in [2.24, 2.45) is 0 Å². The van der Waals surface area contributed by atoms with Crippen molar-refractivity contribution in [2.75, 3.05) is 0 Å². The highest BCUT2D eigenvalue weighted by atomic mass is 16.5. The first kappa shape index (κ1) is 11.1. The largest absolute Gasteiger partial charge is 0.461 e. The Balaban J connectivity index is 2.38. The second-order valence-electron chi connectivity index (χ2n) is 3.40. The summed E-state index contributed by atoms with van der Waals surface area (Å²) in [5.41, 5.74) is 0.303. The lowest BCUT2D eigenvalue weighted by atomic mass is 10.1. The van der Waals surface area contributed by atoms with Crippen molar-refractivity contribution in [1.82, 2.24) is 0 Å². The number of rotatable bonds is 3. The van der Waals surface area contributed by atoms with Crippen molar-refractivity contribution in [3.8, 4) is 5.75 Å². The summed E-state index contributed by atoms with van der Waals surface area (Å²) in [6.45, 7) is 1.29. The first-order valence-corrected chi connectivity index (χ1v) is 5.04. The number of hydrogen-bond donors (Lipinski definition) is 0. The lowest BCUT2D eigenvalue weighted by Gasteiger charge is -2.06. The summed E-state index contributed by atoms with van der Waals surface area (Å²) in [6, 6.07) is 9.73. The SMILES string of the molecule is CC(=O)Oc1ccccc1C(=O)c1ccco1. The Morgan fingerprint density at radius 3 is 2.53 bits per heavy atom. The topological polar surface area (TPSA) is 56.5 Å². The summed E-state index contributed by atoms with van der Waals surface area (Å²) >= 11 is 0. The maximum atomic E-state index is 12.0. The third kappa shape index (κ3) is 2.42. The summed E-state index contributed by atoms with van der Waals surface area (Å²) < 4.78 is 9.98. The first-order chi connectivity index (χ1) is 8.18. The van der Waals surface area contributed by atoms with E-state index >= 15 is 0 Å². The Morgan fingerprint density at radius 2 is 1.88 bits per heavy atom. The van der Waals surface area contributed by atoms with Gasteiger partial charge < -0.3 is 9.15 Å². The highest BCUT2D eigenvalue weighted by Gasteiger charge is 2.17. The van der Waals surface area contributed by atoms with Crippen LogP contribution in [0.15, 0.2) is 47.1 Å². The molecule has 1 aromatic heterocycles. The zero-order chi connectivity index (χ0) is 12.3. The van der Waals surface area contributed by atoms with Gasteiger partial charge in [-0.1, -0.05) is 12.1 Å². The quantitative estimate of drug-likeness (QED) is 0.461. The number of ketones is 1. The number of hydrogen-bond acceptors (Lipinski definition) is 4. The Labute approximate surface area is 97.8 Å². The fraction of sp³-hybridized carbons (Fsp3) is 0.0769. The van der Waals surface area contributed by atoms with Gasteiger partial charge in [0.15, 0.2) is 5.76 Å². The summed E-state index contributed by atoms with van der Waals surface area (Å²) in [6.07, 6.45) is 1.42. The Bertz CT molecular complexity index is 540. The average Bonchev–Trinajstić information content (AvgIpc) is 2.81. The van der Waals surface area contributed by atoms with Crippen LogP contribution >= 0.6 is 0 Å². The molecule has 1 aromatic carbocycles. The molecule has 0 unspecified atom stereocenters. The van der Waals surface area contributed by atoms with Gasteiger partial charge in [0.05, 0.1) is 11.8 Å². The summed E-state index contributed by atoms with van der Waals surface area (Å²) in [7, 11) is 0. The van der Waals surface area contributed by atoms with Crippen molar-refractivity contribution < 1.29 is 18.7 Å². The number of para-hydroxylation sites is 1. The molecule has 0 spiro atoms. The monoisotopic (exact) mass is 230 g/mol. The van der Waals surface area contributed by atoms with Gasteiger partial charge in [0.1, 0.15) is 5.75 Å². The van der Waals surface area contributed by atoms with Crippen LogP contribution in [0.3, 0.4) is 0 Å². The second-order valence-corrected chi connectivity index (χ2v) is 3.40. The maximum Gasteiger partial charge on any atom is 0.308 e. The minimum atomic E-state index is -0.468. The molecule has 1 heterocycles. The number of carbonyl (C=O) groups is 2. The van der Waals surface area contributed by atoms with Gasteiger partial charge in [-0.05, 0) is 24.3 Å². The molecule has 0 fully saturated rings. The molecular weight excluding hydrogens is 220 g/mol. The van der Waals surface area contributed by atoms with Gasteiger partial charge in [0.25, 0.3) is 0 Å². The van der Waals surface area contributed by atoms with E-state index in [1.54, 1.807) is 36.4 Å². The molecule has 86 valence electrons. The minimum absolute atomic E-state index is 0.213. The summed E-state index contributed by atoms with van der Waals surface area (Å²) in [5, 5.41) is 0. The van der Waals surface area contributed by atoms with Crippen molar-refractivity contribution in [3.63, 3.8) is 0 Å². The molecule has 0 atom stereocenters. The lowest BCUT2D eigenvalue weighted by Crippen LogP contribution is -2.07. The molecule has 2 rings (SSSR count). The van der Waals surface area contributed by atoms with E-state index in [2.05, 4.69) is 0 Å². The van der Waals surface area contributed by atoms with Crippen molar-refractivity contribution >= 4 is 11.8 Å². The van der Waals surface area contributed by atoms with Gasteiger partial charge in [-0.3, -0.25) is 9.59 Å². The third-order valence-corrected chi connectivity index (χ3v) is 2.13. The number of carbonyl (C=O) groups excluding carboxylic acids is 2. The van der Waals surface area contributed by atoms with E-state index in [0.29, 0.717) is 5.56 Å². The van der Waals surface area contributed by atoms with Gasteiger partial charge in [-0.25, -0.2) is 0 Å². The second kappa shape index (κ2) is 4.65. The highest BCUT2D eigenvalue weighted by Crippen LogP contribution is 2.21. The van der Waals surface area contributed by atoms with Crippen LogP contribution in [0.4, 0.5) is 0 Å². The molecule has 0 saturated heterocycles. The van der Waals surface area contributed by atoms with Crippen LogP contribution in [0.1, 0.15) is 23.0 Å². The van der Waals surface area contributed by atoms with Crippen LogP contribution in [-0.4, -0.2) is 11.8 Å². The Hall–Kier alpha value is -2.36. The van der Waals surface area contributed by atoms with Crippen LogP contribution in [0.25, 0.3) is 0 Å². The molecule has 0 saturated carbocycles. The van der Waals surface area contributed by atoms with Crippen molar-refractivity contribution in [2.45, 2.75) is 6.92 Å². The van der Waals surface area contributed by atoms with Crippen LogP contribution in [0.5, 0.6) is 5.75 Å². The van der Waals surface area contributed by atoms with Crippen LogP contribution in [0.2, 0.25) is 0 Å². The van der Waals surface area contributed by atoms with E-state index in [0.717, 1.165) is 0 Å². The molecule has 0 radical (unpaired) electrons. The van der Waals surface area contributed by atoms with Gasteiger partial charge in [-0.2, -0.15) is 0 Å². The number of esters is 1. The summed E-state index contributed by atoms with van der Waals surface area (Å²) in [4.78, 5) is 22.9. The van der Waals surface area contributed by atoms with Crippen molar-refractivity contribution in [3.05, 3.63) is 54.0 Å². The van der Waals surface area contributed by atoms with E-state index in [-0.39, 0.29) is 17.3 Å². The predicted octanol–water partition coefficient (Wildman–Crippen LogP) is 2.44. The van der Waals surface area contributed by atoms with Crippen LogP contribution in [-0.2, 0) is 4.79 Å². The van der Waals surface area contributed by atoms with E-state index in [1.807, 2.05) is 0 Å². The molecule has 17 heavy (non-hydrogen) atoms. The highest BCUT2D eigenvalue weighted by molar-refractivity contribution is 6.09. The number of furan rings is 1. The van der Waals surface area contributed by atoms with E-state index in [9.17, 15) is 9.59 Å². The molecule has 0 bridgehead atoms. The van der Waals surface area contributed by atoms with Crippen LogP contribution < -0.4 is 4.74 Å². The van der Waals surface area contributed by atoms with Gasteiger partial charge in [0, 0.05) is 6.92 Å². The first-order valence-electron chi connectivity index (χ1n) is 5.04. The molecule has 0 N–H and O–H groups in total. The molecule has 4 heteroatoms. The molecular formula is C13H10O4. The van der Waals surface area contributed by atoms with E-state index in [1.165, 1.54) is 13.2 Å². The molecule has 2 aromatic rings. The third-order valence-electron chi connectivity index (χ3n) is 2.13. The normalized spacial score (nSPS) is 9.94. The van der Waals surface area contributed by atoms with E-state index < -0.39 is 5.97 Å². The average molecular weight is 230 g/mol.